The number of amides is 3. The summed E-state index contributed by atoms with van der Waals surface area (Å²) in [6, 6.07) is 12.7. The summed E-state index contributed by atoms with van der Waals surface area (Å²) in [4.78, 5) is 25.8. The molecule has 0 spiro atoms. The molecule has 1 aliphatic rings. The van der Waals surface area contributed by atoms with Gasteiger partial charge in [0.1, 0.15) is 5.82 Å². The molecule has 5 nitrogen and oxygen atoms in total. The van der Waals surface area contributed by atoms with E-state index in [4.69, 9.17) is 0 Å². The molecule has 1 fully saturated rings. The molecular formula is C19H20FN3O2. The Balaban J connectivity index is 1.57. The first kappa shape index (κ1) is 17.0. The van der Waals surface area contributed by atoms with Crippen LogP contribution in [0.2, 0.25) is 0 Å². The van der Waals surface area contributed by atoms with Crippen molar-refractivity contribution in [3.63, 3.8) is 0 Å². The summed E-state index contributed by atoms with van der Waals surface area (Å²) in [7, 11) is 0. The van der Waals surface area contributed by atoms with E-state index >= 15 is 0 Å². The molecule has 3 amide bonds. The van der Waals surface area contributed by atoms with Gasteiger partial charge in [0.25, 0.3) is 0 Å². The van der Waals surface area contributed by atoms with Crippen LogP contribution in [0.1, 0.15) is 18.9 Å². The Morgan fingerprint density at radius 1 is 1.16 bits per heavy atom. The van der Waals surface area contributed by atoms with Crippen LogP contribution in [0.25, 0.3) is 0 Å². The third-order valence-electron chi connectivity index (χ3n) is 4.22. The SMILES string of the molecule is CCc1ccc(NC(=O)N[C@@H]2CC(=O)N(c3ccc(F)cc3)C2)cc1. The summed E-state index contributed by atoms with van der Waals surface area (Å²) in [5.74, 6) is -0.442. The number of aryl methyl sites for hydroxylation is 1. The molecule has 130 valence electrons. The summed E-state index contributed by atoms with van der Waals surface area (Å²) < 4.78 is 13.0. The van der Waals surface area contributed by atoms with E-state index in [0.29, 0.717) is 17.9 Å². The molecule has 3 rings (SSSR count). The fourth-order valence-electron chi connectivity index (χ4n) is 2.85. The normalized spacial score (nSPS) is 16.8. The Morgan fingerprint density at radius 3 is 2.48 bits per heavy atom. The third kappa shape index (κ3) is 4.15. The van der Waals surface area contributed by atoms with E-state index in [-0.39, 0.29) is 30.2 Å². The molecule has 0 bridgehead atoms. The van der Waals surface area contributed by atoms with E-state index in [9.17, 15) is 14.0 Å². The quantitative estimate of drug-likeness (QED) is 0.896. The largest absolute Gasteiger partial charge is 0.333 e. The lowest BCUT2D eigenvalue weighted by Gasteiger charge is -2.17. The highest BCUT2D eigenvalue weighted by Gasteiger charge is 2.31. The van der Waals surface area contributed by atoms with Crippen LogP contribution in [-0.4, -0.2) is 24.5 Å². The average molecular weight is 341 g/mol. The van der Waals surface area contributed by atoms with Crippen molar-refractivity contribution in [2.75, 3.05) is 16.8 Å². The van der Waals surface area contributed by atoms with E-state index in [0.717, 1.165) is 6.42 Å². The van der Waals surface area contributed by atoms with Gasteiger partial charge in [-0.2, -0.15) is 0 Å². The van der Waals surface area contributed by atoms with Gasteiger partial charge in [-0.3, -0.25) is 4.79 Å². The van der Waals surface area contributed by atoms with Crippen molar-refractivity contribution in [2.45, 2.75) is 25.8 Å². The number of hydrogen-bond donors (Lipinski definition) is 2. The van der Waals surface area contributed by atoms with Crippen LogP contribution in [0.5, 0.6) is 0 Å². The molecule has 1 heterocycles. The van der Waals surface area contributed by atoms with E-state index < -0.39 is 0 Å². The lowest BCUT2D eigenvalue weighted by Crippen LogP contribution is -2.39. The second-order valence-corrected chi connectivity index (χ2v) is 6.03. The first-order valence-corrected chi connectivity index (χ1v) is 8.27. The molecule has 2 aromatic carbocycles. The number of urea groups is 1. The molecule has 1 saturated heterocycles. The van der Waals surface area contributed by atoms with Gasteiger partial charge in [0.2, 0.25) is 5.91 Å². The van der Waals surface area contributed by atoms with Crippen molar-refractivity contribution < 1.29 is 14.0 Å². The lowest BCUT2D eigenvalue weighted by molar-refractivity contribution is -0.117. The first-order valence-electron chi connectivity index (χ1n) is 8.27. The zero-order chi connectivity index (χ0) is 17.8. The van der Waals surface area contributed by atoms with Crippen molar-refractivity contribution >= 4 is 23.3 Å². The Hall–Kier alpha value is -2.89. The maximum atomic E-state index is 13.0. The minimum atomic E-state index is -0.349. The second-order valence-electron chi connectivity index (χ2n) is 6.03. The molecule has 2 N–H and O–H groups in total. The molecule has 0 aromatic heterocycles. The number of carbonyl (C=O) groups excluding carboxylic acids is 2. The number of nitrogens with zero attached hydrogens (tertiary/aromatic N) is 1. The molecule has 6 heteroatoms. The van der Waals surface area contributed by atoms with E-state index in [1.165, 1.54) is 17.7 Å². The van der Waals surface area contributed by atoms with E-state index in [1.807, 2.05) is 24.3 Å². The molecule has 1 aliphatic heterocycles. The molecule has 0 radical (unpaired) electrons. The standard InChI is InChI=1S/C19H20FN3O2/c1-2-13-3-7-15(8-4-13)21-19(25)22-16-11-18(24)23(12-16)17-9-5-14(20)6-10-17/h3-10,16H,2,11-12H2,1H3,(H2,21,22,25)/t16-/m1/s1. The van der Waals surface area contributed by atoms with E-state index in [2.05, 4.69) is 17.6 Å². The van der Waals surface area contributed by atoms with Crippen molar-refractivity contribution in [1.29, 1.82) is 0 Å². The van der Waals surface area contributed by atoms with Gasteiger partial charge in [-0.05, 0) is 48.4 Å². The molecule has 1 atom stereocenters. The minimum absolute atomic E-state index is 0.0933. The number of anilines is 2. The number of benzene rings is 2. The number of halogens is 1. The predicted molar refractivity (Wildman–Crippen MR) is 95.1 cm³/mol. The molecule has 0 saturated carbocycles. The van der Waals surface area contributed by atoms with Crippen LogP contribution in [0, 0.1) is 5.82 Å². The van der Waals surface area contributed by atoms with Gasteiger partial charge in [-0.25, -0.2) is 9.18 Å². The van der Waals surface area contributed by atoms with Gasteiger partial charge in [0.15, 0.2) is 0 Å². The van der Waals surface area contributed by atoms with Crippen LogP contribution in [0.3, 0.4) is 0 Å². The Morgan fingerprint density at radius 2 is 1.84 bits per heavy atom. The first-order chi connectivity index (χ1) is 12.0. The Labute approximate surface area is 145 Å². The maximum Gasteiger partial charge on any atom is 0.319 e. The Bertz CT molecular complexity index is 759. The average Bonchev–Trinajstić information content (AvgIpc) is 2.96. The zero-order valence-electron chi connectivity index (χ0n) is 14.0. The van der Waals surface area contributed by atoms with E-state index in [1.54, 1.807) is 17.0 Å². The fraction of sp³-hybridized carbons (Fsp3) is 0.263. The van der Waals surface area contributed by atoms with Gasteiger partial charge in [0.05, 0.1) is 6.04 Å². The summed E-state index contributed by atoms with van der Waals surface area (Å²) >= 11 is 0. The van der Waals surface area contributed by atoms with Crippen LogP contribution in [0.4, 0.5) is 20.6 Å². The number of carbonyl (C=O) groups is 2. The predicted octanol–water partition coefficient (Wildman–Crippen LogP) is 3.32. The highest BCUT2D eigenvalue weighted by molar-refractivity contribution is 5.97. The van der Waals surface area contributed by atoms with Crippen LogP contribution >= 0.6 is 0 Å². The summed E-state index contributed by atoms with van der Waals surface area (Å²) in [5, 5.41) is 5.58. The molecule has 2 aromatic rings. The van der Waals surface area contributed by atoms with Crippen LogP contribution in [0.15, 0.2) is 48.5 Å². The summed E-state index contributed by atoms with van der Waals surface area (Å²) in [5.41, 5.74) is 2.53. The lowest BCUT2D eigenvalue weighted by atomic mass is 10.1. The van der Waals surface area contributed by atoms with Gasteiger partial charge >= 0.3 is 6.03 Å². The Kier molecular flexibility index (Phi) is 4.97. The number of nitrogens with one attached hydrogen (secondary N) is 2. The minimum Gasteiger partial charge on any atom is -0.333 e. The molecular weight excluding hydrogens is 321 g/mol. The molecule has 0 unspecified atom stereocenters. The van der Waals surface area contributed by atoms with Crippen LogP contribution in [-0.2, 0) is 11.2 Å². The smallest absolute Gasteiger partial charge is 0.319 e. The highest BCUT2D eigenvalue weighted by Crippen LogP contribution is 2.22. The monoisotopic (exact) mass is 341 g/mol. The van der Waals surface area contributed by atoms with Gasteiger partial charge in [0, 0.05) is 24.3 Å². The van der Waals surface area contributed by atoms with Crippen molar-refractivity contribution in [3.8, 4) is 0 Å². The topological polar surface area (TPSA) is 61.4 Å². The fourth-order valence-corrected chi connectivity index (χ4v) is 2.85. The maximum absolute atomic E-state index is 13.0. The summed E-state index contributed by atoms with van der Waals surface area (Å²) in [6.45, 7) is 2.44. The summed E-state index contributed by atoms with van der Waals surface area (Å²) in [6.07, 6.45) is 1.16. The van der Waals surface area contributed by atoms with Crippen molar-refractivity contribution in [3.05, 3.63) is 59.9 Å². The van der Waals surface area contributed by atoms with Crippen molar-refractivity contribution in [1.82, 2.24) is 5.32 Å². The van der Waals surface area contributed by atoms with Crippen molar-refractivity contribution in [2.24, 2.45) is 0 Å². The molecule has 0 aliphatic carbocycles. The van der Waals surface area contributed by atoms with Gasteiger partial charge in [-0.1, -0.05) is 19.1 Å². The number of hydrogen-bond acceptors (Lipinski definition) is 2. The number of rotatable bonds is 4. The van der Waals surface area contributed by atoms with Gasteiger partial charge < -0.3 is 15.5 Å². The van der Waals surface area contributed by atoms with Gasteiger partial charge in [-0.15, -0.1) is 0 Å². The highest BCUT2D eigenvalue weighted by atomic mass is 19.1. The molecule has 25 heavy (non-hydrogen) atoms. The third-order valence-corrected chi connectivity index (χ3v) is 4.22. The van der Waals surface area contributed by atoms with Crippen LogP contribution < -0.4 is 15.5 Å². The second kappa shape index (κ2) is 7.34. The zero-order valence-corrected chi connectivity index (χ0v) is 14.0.